The van der Waals surface area contributed by atoms with Crippen molar-refractivity contribution in [3.63, 3.8) is 0 Å². The normalized spacial score (nSPS) is 18.1. The van der Waals surface area contributed by atoms with Gasteiger partial charge in [-0.25, -0.2) is 0 Å². The second-order valence-electron chi connectivity index (χ2n) is 5.90. The van der Waals surface area contributed by atoms with Gasteiger partial charge in [0.05, 0.1) is 6.04 Å². The fraction of sp³-hybridized carbons (Fsp3) is 0.368. The molecule has 1 N–H and O–H groups in total. The van der Waals surface area contributed by atoms with E-state index < -0.39 is 0 Å². The van der Waals surface area contributed by atoms with E-state index >= 15 is 0 Å². The van der Waals surface area contributed by atoms with Crippen LogP contribution in [-0.4, -0.2) is 12.6 Å². The van der Waals surface area contributed by atoms with Crippen molar-refractivity contribution in [3.05, 3.63) is 64.7 Å². The SMILES string of the molecule is CCNC(c1ccc(C)cc1)c1ccc2c(c1)CC(C)O2. The first-order valence-electron chi connectivity index (χ1n) is 7.77. The Kier molecular flexibility index (Phi) is 3.98. The number of nitrogens with one attached hydrogen (secondary N) is 1. The van der Waals surface area contributed by atoms with E-state index in [4.69, 9.17) is 4.74 Å². The first kappa shape index (κ1) is 14.2. The Morgan fingerprint density at radius 1 is 1.14 bits per heavy atom. The monoisotopic (exact) mass is 281 g/mol. The molecule has 2 nitrogen and oxygen atoms in total. The smallest absolute Gasteiger partial charge is 0.123 e. The van der Waals surface area contributed by atoms with Crippen LogP contribution in [0.5, 0.6) is 5.75 Å². The van der Waals surface area contributed by atoms with Crippen molar-refractivity contribution >= 4 is 0 Å². The molecule has 0 aromatic heterocycles. The van der Waals surface area contributed by atoms with Gasteiger partial charge in [0.15, 0.2) is 0 Å². The number of benzene rings is 2. The highest BCUT2D eigenvalue weighted by atomic mass is 16.5. The molecule has 2 aromatic rings. The van der Waals surface area contributed by atoms with Gasteiger partial charge in [0, 0.05) is 6.42 Å². The molecule has 0 amide bonds. The summed E-state index contributed by atoms with van der Waals surface area (Å²) in [6, 6.07) is 15.6. The van der Waals surface area contributed by atoms with Gasteiger partial charge in [-0.05, 0) is 43.1 Å². The number of aryl methyl sites for hydroxylation is 1. The Morgan fingerprint density at radius 2 is 1.86 bits per heavy atom. The quantitative estimate of drug-likeness (QED) is 0.914. The van der Waals surface area contributed by atoms with E-state index in [0.717, 1.165) is 18.7 Å². The summed E-state index contributed by atoms with van der Waals surface area (Å²) >= 11 is 0. The number of ether oxygens (including phenoxy) is 1. The van der Waals surface area contributed by atoms with E-state index in [1.165, 1.54) is 22.3 Å². The standard InChI is InChI=1S/C19H23NO/c1-4-20-19(15-7-5-13(2)6-8-15)16-9-10-18-17(12-16)11-14(3)21-18/h5-10,12,14,19-20H,4,11H2,1-3H3. The highest BCUT2D eigenvalue weighted by Gasteiger charge is 2.21. The summed E-state index contributed by atoms with van der Waals surface area (Å²) in [6.45, 7) is 7.35. The van der Waals surface area contributed by atoms with Crippen molar-refractivity contribution in [1.82, 2.24) is 5.32 Å². The first-order chi connectivity index (χ1) is 10.2. The Morgan fingerprint density at radius 3 is 2.57 bits per heavy atom. The summed E-state index contributed by atoms with van der Waals surface area (Å²) in [4.78, 5) is 0. The third-order valence-corrected chi connectivity index (χ3v) is 4.07. The molecule has 0 radical (unpaired) electrons. The minimum atomic E-state index is 0.247. The van der Waals surface area contributed by atoms with Crippen LogP contribution >= 0.6 is 0 Å². The summed E-state index contributed by atoms with van der Waals surface area (Å²) in [5.74, 6) is 1.05. The molecule has 21 heavy (non-hydrogen) atoms. The van der Waals surface area contributed by atoms with Crippen LogP contribution in [0.25, 0.3) is 0 Å². The van der Waals surface area contributed by atoms with Gasteiger partial charge in [0.25, 0.3) is 0 Å². The molecule has 110 valence electrons. The molecular weight excluding hydrogens is 258 g/mol. The van der Waals surface area contributed by atoms with Crippen LogP contribution in [0.3, 0.4) is 0 Å². The van der Waals surface area contributed by atoms with Gasteiger partial charge < -0.3 is 10.1 Å². The lowest BCUT2D eigenvalue weighted by molar-refractivity contribution is 0.254. The van der Waals surface area contributed by atoms with Crippen LogP contribution in [0.4, 0.5) is 0 Å². The summed E-state index contributed by atoms with van der Waals surface area (Å²) in [5, 5.41) is 3.60. The molecule has 2 heteroatoms. The van der Waals surface area contributed by atoms with Gasteiger partial charge in [-0.2, -0.15) is 0 Å². The number of hydrogen-bond donors (Lipinski definition) is 1. The largest absolute Gasteiger partial charge is 0.490 e. The van der Waals surface area contributed by atoms with Gasteiger partial charge in [-0.1, -0.05) is 48.9 Å². The molecule has 0 fully saturated rings. The topological polar surface area (TPSA) is 21.3 Å². The van der Waals surface area contributed by atoms with Crippen LogP contribution in [-0.2, 0) is 6.42 Å². The fourth-order valence-corrected chi connectivity index (χ4v) is 3.01. The van der Waals surface area contributed by atoms with Crippen LogP contribution in [0, 0.1) is 6.92 Å². The second-order valence-corrected chi connectivity index (χ2v) is 5.90. The molecule has 2 aromatic carbocycles. The Balaban J connectivity index is 1.94. The third kappa shape index (κ3) is 2.96. The maximum absolute atomic E-state index is 5.80. The maximum Gasteiger partial charge on any atom is 0.123 e. The molecule has 0 bridgehead atoms. The molecule has 0 saturated carbocycles. The van der Waals surface area contributed by atoms with E-state index in [2.05, 4.69) is 68.6 Å². The fourth-order valence-electron chi connectivity index (χ4n) is 3.01. The first-order valence-corrected chi connectivity index (χ1v) is 7.77. The van der Waals surface area contributed by atoms with Crippen LogP contribution < -0.4 is 10.1 Å². The lowest BCUT2D eigenvalue weighted by Gasteiger charge is -2.20. The maximum atomic E-state index is 5.80. The van der Waals surface area contributed by atoms with E-state index in [1.54, 1.807) is 0 Å². The van der Waals surface area contributed by atoms with Crippen molar-refractivity contribution in [3.8, 4) is 5.75 Å². The van der Waals surface area contributed by atoms with Gasteiger partial charge in [-0.3, -0.25) is 0 Å². The Bertz CT molecular complexity index is 618. The number of fused-ring (bicyclic) bond motifs is 1. The zero-order valence-corrected chi connectivity index (χ0v) is 13.0. The average Bonchev–Trinajstić information content (AvgIpc) is 2.85. The zero-order chi connectivity index (χ0) is 14.8. The summed E-state index contributed by atoms with van der Waals surface area (Å²) < 4.78 is 5.80. The van der Waals surface area contributed by atoms with Crippen LogP contribution in [0.2, 0.25) is 0 Å². The Labute approximate surface area is 127 Å². The lowest BCUT2D eigenvalue weighted by atomic mass is 9.95. The molecule has 2 atom stereocenters. The minimum Gasteiger partial charge on any atom is -0.490 e. The third-order valence-electron chi connectivity index (χ3n) is 4.07. The molecule has 2 unspecified atom stereocenters. The summed E-state index contributed by atoms with van der Waals surface area (Å²) in [7, 11) is 0. The van der Waals surface area contributed by atoms with Crippen LogP contribution in [0.15, 0.2) is 42.5 Å². The van der Waals surface area contributed by atoms with Crippen molar-refractivity contribution < 1.29 is 4.74 Å². The molecule has 3 rings (SSSR count). The lowest BCUT2D eigenvalue weighted by Crippen LogP contribution is -2.22. The van der Waals surface area contributed by atoms with Crippen molar-refractivity contribution in [2.24, 2.45) is 0 Å². The molecule has 1 heterocycles. The molecule has 1 aliphatic heterocycles. The highest BCUT2D eigenvalue weighted by molar-refractivity contribution is 5.44. The van der Waals surface area contributed by atoms with Crippen molar-refractivity contribution in [2.75, 3.05) is 6.54 Å². The van der Waals surface area contributed by atoms with Crippen molar-refractivity contribution in [1.29, 1.82) is 0 Å². The predicted octanol–water partition coefficient (Wildman–Crippen LogP) is 4.02. The predicted molar refractivity (Wildman–Crippen MR) is 86.9 cm³/mol. The summed E-state index contributed by atoms with van der Waals surface area (Å²) in [5.41, 5.74) is 5.26. The van der Waals surface area contributed by atoms with E-state index in [1.807, 2.05) is 0 Å². The minimum absolute atomic E-state index is 0.247. The van der Waals surface area contributed by atoms with Crippen molar-refractivity contribution in [2.45, 2.75) is 39.3 Å². The second kappa shape index (κ2) is 5.90. The van der Waals surface area contributed by atoms with Gasteiger partial charge in [0.1, 0.15) is 11.9 Å². The number of rotatable bonds is 4. The van der Waals surface area contributed by atoms with E-state index in [9.17, 15) is 0 Å². The van der Waals surface area contributed by atoms with E-state index in [0.29, 0.717) is 6.10 Å². The van der Waals surface area contributed by atoms with Gasteiger partial charge in [0.2, 0.25) is 0 Å². The molecule has 1 aliphatic rings. The zero-order valence-electron chi connectivity index (χ0n) is 13.0. The van der Waals surface area contributed by atoms with Crippen LogP contribution in [0.1, 0.15) is 42.1 Å². The van der Waals surface area contributed by atoms with Gasteiger partial charge in [-0.15, -0.1) is 0 Å². The van der Waals surface area contributed by atoms with E-state index in [-0.39, 0.29) is 6.04 Å². The summed E-state index contributed by atoms with van der Waals surface area (Å²) in [6.07, 6.45) is 1.31. The molecular formula is C19H23NO. The Hall–Kier alpha value is -1.80. The number of hydrogen-bond acceptors (Lipinski definition) is 2. The molecule has 0 spiro atoms. The molecule has 0 saturated heterocycles. The highest BCUT2D eigenvalue weighted by Crippen LogP contribution is 2.32. The molecule has 0 aliphatic carbocycles. The average molecular weight is 281 g/mol. The van der Waals surface area contributed by atoms with Gasteiger partial charge >= 0.3 is 0 Å².